The Labute approximate surface area is 181 Å². The van der Waals surface area contributed by atoms with Crippen LogP contribution in [0.4, 0.5) is 20.3 Å². The zero-order valence-corrected chi connectivity index (χ0v) is 17.1. The van der Waals surface area contributed by atoms with E-state index in [1.165, 1.54) is 0 Å². The van der Waals surface area contributed by atoms with Gasteiger partial charge in [0, 0.05) is 18.3 Å². The number of rotatable bonds is 4. The third-order valence-electron chi connectivity index (χ3n) is 5.57. The first-order chi connectivity index (χ1) is 14.9. The van der Waals surface area contributed by atoms with E-state index in [4.69, 9.17) is 12.2 Å². The van der Waals surface area contributed by atoms with Crippen molar-refractivity contribution in [3.63, 3.8) is 0 Å². The van der Waals surface area contributed by atoms with E-state index in [2.05, 4.69) is 20.7 Å². The molecule has 1 saturated heterocycles. The molecule has 4 N–H and O–H groups in total. The summed E-state index contributed by atoms with van der Waals surface area (Å²) < 4.78 is 29.8. The first-order valence-electron chi connectivity index (χ1n) is 9.88. The average molecular weight is 446 g/mol. The predicted molar refractivity (Wildman–Crippen MR) is 114 cm³/mol. The second kappa shape index (κ2) is 7.66. The summed E-state index contributed by atoms with van der Waals surface area (Å²) in [5.41, 5.74) is 1.22. The molecule has 2 aromatic heterocycles. The quantitative estimate of drug-likeness (QED) is 0.450. The Kier molecular flexibility index (Phi) is 4.95. The highest BCUT2D eigenvalue weighted by atomic mass is 32.1. The summed E-state index contributed by atoms with van der Waals surface area (Å²) in [4.78, 5) is 6.40. The van der Waals surface area contributed by atoms with Gasteiger partial charge in [-0.05, 0) is 49.3 Å². The Hall–Kier alpha value is -2.89. The van der Waals surface area contributed by atoms with Crippen LogP contribution in [0.15, 0.2) is 36.7 Å². The highest BCUT2D eigenvalue weighted by molar-refractivity contribution is 7.80. The molecule has 3 aromatic rings. The molecule has 11 heteroatoms. The molecule has 0 amide bonds. The summed E-state index contributed by atoms with van der Waals surface area (Å²) >= 11 is 5.28. The molecule has 0 bridgehead atoms. The molecule has 31 heavy (non-hydrogen) atoms. The summed E-state index contributed by atoms with van der Waals surface area (Å²) in [6.07, 6.45) is 3.09. The summed E-state index contributed by atoms with van der Waals surface area (Å²) in [6, 6.07) is 4.42. The van der Waals surface area contributed by atoms with Crippen LogP contribution in [0.5, 0.6) is 0 Å². The minimum absolute atomic E-state index is 0.0571. The number of aliphatic hydroxyl groups is 2. The zero-order valence-electron chi connectivity index (χ0n) is 16.2. The predicted octanol–water partition coefficient (Wildman–Crippen LogP) is 1.74. The van der Waals surface area contributed by atoms with Gasteiger partial charge in [-0.2, -0.15) is 5.10 Å². The molecule has 1 saturated carbocycles. The molecule has 2 fully saturated rings. The van der Waals surface area contributed by atoms with Crippen LogP contribution < -0.4 is 15.5 Å². The monoisotopic (exact) mass is 446 g/mol. The summed E-state index contributed by atoms with van der Waals surface area (Å²) in [5, 5.41) is 30.3. The molecule has 1 aromatic carbocycles. The van der Waals surface area contributed by atoms with Gasteiger partial charge < -0.3 is 25.7 Å². The van der Waals surface area contributed by atoms with Gasteiger partial charge in [-0.25, -0.2) is 18.3 Å². The molecule has 162 valence electrons. The van der Waals surface area contributed by atoms with Gasteiger partial charge in [0.2, 0.25) is 0 Å². The standard InChI is InChI=1S/C20H20F2N6O2S/c21-10-1-2-13(22)12(5-10)16-6-11(29)9-27(16)18-3-4-28-19(26-18)15(8-23-28)25-20(31)24-14-7-17(14)30/h1-5,8,11,14,16-17,29-30H,6-7,9H2,(H2,24,25,31)/t11-,14-,16-,17-/m1/s1. The van der Waals surface area contributed by atoms with E-state index in [9.17, 15) is 19.0 Å². The molecular weight excluding hydrogens is 426 g/mol. The Morgan fingerprint density at radius 3 is 2.77 bits per heavy atom. The van der Waals surface area contributed by atoms with Crippen LogP contribution >= 0.6 is 12.2 Å². The van der Waals surface area contributed by atoms with Crippen LogP contribution in [0.25, 0.3) is 5.65 Å². The van der Waals surface area contributed by atoms with Gasteiger partial charge in [-0.3, -0.25) is 0 Å². The van der Waals surface area contributed by atoms with Crippen molar-refractivity contribution >= 4 is 34.5 Å². The first kappa shape index (κ1) is 20.0. The van der Waals surface area contributed by atoms with Gasteiger partial charge in [0.05, 0.1) is 30.5 Å². The fourth-order valence-electron chi connectivity index (χ4n) is 3.90. The number of hydrogen-bond donors (Lipinski definition) is 4. The number of hydrogen-bond acceptors (Lipinski definition) is 6. The van der Waals surface area contributed by atoms with Crippen molar-refractivity contribution in [2.24, 2.45) is 0 Å². The second-order valence-electron chi connectivity index (χ2n) is 7.84. The van der Waals surface area contributed by atoms with Crippen molar-refractivity contribution in [2.45, 2.75) is 37.1 Å². The fourth-order valence-corrected chi connectivity index (χ4v) is 4.16. The van der Waals surface area contributed by atoms with Crippen LogP contribution in [-0.2, 0) is 0 Å². The van der Waals surface area contributed by atoms with Crippen LogP contribution in [-0.4, -0.2) is 54.7 Å². The maximum absolute atomic E-state index is 14.4. The van der Waals surface area contributed by atoms with Crippen molar-refractivity contribution < 1.29 is 19.0 Å². The molecule has 0 unspecified atom stereocenters. The topological polar surface area (TPSA) is 98.0 Å². The molecule has 8 nitrogen and oxygen atoms in total. The smallest absolute Gasteiger partial charge is 0.180 e. The van der Waals surface area contributed by atoms with Crippen LogP contribution in [0.1, 0.15) is 24.4 Å². The summed E-state index contributed by atoms with van der Waals surface area (Å²) in [5.74, 6) is -0.569. The largest absolute Gasteiger partial charge is 0.391 e. The van der Waals surface area contributed by atoms with Crippen molar-refractivity contribution in [1.82, 2.24) is 19.9 Å². The minimum atomic E-state index is -0.699. The van der Waals surface area contributed by atoms with Gasteiger partial charge >= 0.3 is 0 Å². The Morgan fingerprint density at radius 2 is 2.00 bits per heavy atom. The van der Waals surface area contributed by atoms with Crippen LogP contribution in [0.2, 0.25) is 0 Å². The van der Waals surface area contributed by atoms with Crippen molar-refractivity contribution in [3.8, 4) is 0 Å². The van der Waals surface area contributed by atoms with Gasteiger partial charge in [0.1, 0.15) is 23.1 Å². The van der Waals surface area contributed by atoms with Crippen molar-refractivity contribution in [1.29, 1.82) is 0 Å². The number of halogens is 2. The maximum atomic E-state index is 14.4. The number of nitrogens with zero attached hydrogens (tertiary/aromatic N) is 4. The number of benzene rings is 1. The molecule has 5 rings (SSSR count). The number of anilines is 2. The molecule has 1 aliphatic carbocycles. The van der Waals surface area contributed by atoms with Crippen LogP contribution in [0, 0.1) is 11.6 Å². The lowest BCUT2D eigenvalue weighted by Crippen LogP contribution is -2.32. The normalized spacial score (nSPS) is 25.1. The SMILES string of the molecule is O[C@@H]1C[C@H](c2cc(F)ccc2F)N(c2ccn3ncc(NC(=S)N[C@@H]4C[C@H]4O)c3n2)C1. The Balaban J connectivity index is 1.44. The molecule has 2 aliphatic rings. The van der Waals surface area contributed by atoms with Gasteiger partial charge in [-0.1, -0.05) is 0 Å². The summed E-state index contributed by atoms with van der Waals surface area (Å²) in [7, 11) is 0. The number of thiocarbonyl (C=S) groups is 1. The van der Waals surface area contributed by atoms with Gasteiger partial charge in [0.15, 0.2) is 10.8 Å². The van der Waals surface area contributed by atoms with Gasteiger partial charge in [-0.15, -0.1) is 0 Å². The lowest BCUT2D eigenvalue weighted by molar-refractivity contribution is 0.194. The van der Waals surface area contributed by atoms with Crippen molar-refractivity contribution in [3.05, 3.63) is 53.9 Å². The molecule has 1 aliphatic heterocycles. The van der Waals surface area contributed by atoms with Gasteiger partial charge in [0.25, 0.3) is 0 Å². The Bertz CT molecular complexity index is 1160. The lowest BCUT2D eigenvalue weighted by atomic mass is 10.0. The second-order valence-corrected chi connectivity index (χ2v) is 8.25. The molecule has 0 spiro atoms. The fraction of sp³-hybridized carbons (Fsp3) is 0.350. The minimum Gasteiger partial charge on any atom is -0.391 e. The number of aliphatic hydroxyl groups excluding tert-OH is 2. The number of β-amino-alcohol motifs (C(OH)–C–C–N with tert-alkyl or cyclic N) is 1. The average Bonchev–Trinajstić information content (AvgIpc) is 3.11. The number of aromatic nitrogens is 3. The zero-order chi connectivity index (χ0) is 21.7. The van der Waals surface area contributed by atoms with Crippen molar-refractivity contribution in [2.75, 3.05) is 16.8 Å². The maximum Gasteiger partial charge on any atom is 0.180 e. The molecule has 4 atom stereocenters. The summed E-state index contributed by atoms with van der Waals surface area (Å²) in [6.45, 7) is 0.236. The molecule has 3 heterocycles. The third kappa shape index (κ3) is 3.91. The van der Waals surface area contributed by atoms with E-state index in [0.29, 0.717) is 28.7 Å². The van der Waals surface area contributed by atoms with E-state index in [1.807, 2.05) is 0 Å². The number of nitrogens with one attached hydrogen (secondary N) is 2. The molecular formula is C20H20F2N6O2S. The van der Waals surface area contributed by atoms with Crippen LogP contribution in [0.3, 0.4) is 0 Å². The van der Waals surface area contributed by atoms with E-state index >= 15 is 0 Å². The highest BCUT2D eigenvalue weighted by Crippen LogP contribution is 2.37. The lowest BCUT2D eigenvalue weighted by Gasteiger charge is -2.26. The third-order valence-corrected chi connectivity index (χ3v) is 5.79. The molecule has 0 radical (unpaired) electrons. The first-order valence-corrected chi connectivity index (χ1v) is 10.3. The number of fused-ring (bicyclic) bond motifs is 1. The Morgan fingerprint density at radius 1 is 1.19 bits per heavy atom. The van der Waals surface area contributed by atoms with E-state index in [1.54, 1.807) is 27.9 Å². The van der Waals surface area contributed by atoms with E-state index in [-0.39, 0.29) is 24.6 Å². The highest BCUT2D eigenvalue weighted by Gasteiger charge is 2.36. The van der Waals surface area contributed by atoms with E-state index in [0.717, 1.165) is 18.2 Å². The van der Waals surface area contributed by atoms with E-state index < -0.39 is 29.9 Å².